The standard InChI is InChI=1S/C25H29N5O3/c1-15-20(24(32)33)13-29(28-15)11-19-12-30-21(3-2-4-22(30)27-19)23(31)26-14-25-8-16-5-17(9-25)7-18(6-16)10-25/h2-4,12-13,16-18H,5-11,14H2,1H3,(H,26,31)(H,32,33). The molecule has 172 valence electrons. The fourth-order valence-electron chi connectivity index (χ4n) is 7.16. The van der Waals surface area contributed by atoms with Crippen molar-refractivity contribution in [2.45, 2.75) is 52.0 Å². The maximum absolute atomic E-state index is 13.2. The molecule has 4 aliphatic carbocycles. The highest BCUT2D eigenvalue weighted by atomic mass is 16.4. The van der Waals surface area contributed by atoms with Crippen LogP contribution in [0.25, 0.3) is 5.65 Å². The number of nitrogens with zero attached hydrogens (tertiary/aromatic N) is 4. The first-order valence-electron chi connectivity index (χ1n) is 11.9. The summed E-state index contributed by atoms with van der Waals surface area (Å²) in [4.78, 5) is 29.1. The summed E-state index contributed by atoms with van der Waals surface area (Å²) >= 11 is 0. The summed E-state index contributed by atoms with van der Waals surface area (Å²) in [5.41, 5.74) is 2.92. The average Bonchev–Trinajstić information content (AvgIpc) is 3.33. The highest BCUT2D eigenvalue weighted by Gasteiger charge is 2.50. The van der Waals surface area contributed by atoms with Crippen LogP contribution in [0.2, 0.25) is 0 Å². The predicted octanol–water partition coefficient (Wildman–Crippen LogP) is 3.53. The third-order valence-electron chi connectivity index (χ3n) is 8.06. The van der Waals surface area contributed by atoms with Crippen molar-refractivity contribution in [2.75, 3.05) is 6.54 Å². The van der Waals surface area contributed by atoms with Crippen molar-refractivity contribution in [3.63, 3.8) is 0 Å². The van der Waals surface area contributed by atoms with E-state index in [9.17, 15) is 14.7 Å². The first-order valence-corrected chi connectivity index (χ1v) is 11.9. The van der Waals surface area contributed by atoms with Gasteiger partial charge in [0.2, 0.25) is 0 Å². The van der Waals surface area contributed by atoms with Crippen molar-refractivity contribution in [1.82, 2.24) is 24.5 Å². The van der Waals surface area contributed by atoms with E-state index in [1.54, 1.807) is 11.6 Å². The summed E-state index contributed by atoms with van der Waals surface area (Å²) in [5.74, 6) is 1.52. The van der Waals surface area contributed by atoms with Crippen molar-refractivity contribution in [1.29, 1.82) is 0 Å². The van der Waals surface area contributed by atoms with Gasteiger partial charge >= 0.3 is 5.97 Å². The third kappa shape index (κ3) is 3.61. The lowest BCUT2D eigenvalue weighted by Crippen LogP contribution is -2.51. The Morgan fingerprint density at radius 2 is 1.82 bits per heavy atom. The summed E-state index contributed by atoms with van der Waals surface area (Å²) < 4.78 is 3.40. The number of hydrogen-bond donors (Lipinski definition) is 2. The molecular weight excluding hydrogens is 418 g/mol. The monoisotopic (exact) mass is 447 g/mol. The second-order valence-corrected chi connectivity index (χ2v) is 10.6. The van der Waals surface area contributed by atoms with E-state index < -0.39 is 5.97 Å². The van der Waals surface area contributed by atoms with Gasteiger partial charge in [0.15, 0.2) is 0 Å². The molecule has 4 saturated carbocycles. The van der Waals surface area contributed by atoms with Gasteiger partial charge in [-0.25, -0.2) is 9.78 Å². The summed E-state index contributed by atoms with van der Waals surface area (Å²) in [6, 6.07) is 5.55. The van der Waals surface area contributed by atoms with Crippen molar-refractivity contribution in [2.24, 2.45) is 23.2 Å². The number of carbonyl (C=O) groups is 2. The molecule has 0 radical (unpaired) electrons. The maximum Gasteiger partial charge on any atom is 0.339 e. The Kier molecular flexibility index (Phi) is 4.61. The molecule has 8 nitrogen and oxygen atoms in total. The van der Waals surface area contributed by atoms with Gasteiger partial charge in [-0.3, -0.25) is 13.9 Å². The van der Waals surface area contributed by atoms with Gasteiger partial charge in [0.1, 0.15) is 16.9 Å². The van der Waals surface area contributed by atoms with Gasteiger partial charge in [0.25, 0.3) is 5.91 Å². The molecule has 3 aromatic heterocycles. The Labute approximate surface area is 192 Å². The second-order valence-electron chi connectivity index (χ2n) is 10.6. The third-order valence-corrected chi connectivity index (χ3v) is 8.06. The van der Waals surface area contributed by atoms with E-state index in [-0.39, 0.29) is 16.9 Å². The molecule has 33 heavy (non-hydrogen) atoms. The average molecular weight is 448 g/mol. The van der Waals surface area contributed by atoms with Crippen LogP contribution in [-0.4, -0.2) is 42.7 Å². The Morgan fingerprint density at radius 1 is 1.12 bits per heavy atom. The first-order chi connectivity index (χ1) is 15.9. The maximum atomic E-state index is 13.2. The molecule has 0 aromatic carbocycles. The van der Waals surface area contributed by atoms with Crippen LogP contribution in [0.3, 0.4) is 0 Å². The molecule has 1 amide bonds. The predicted molar refractivity (Wildman–Crippen MR) is 121 cm³/mol. The van der Waals surface area contributed by atoms with Gasteiger partial charge in [-0.2, -0.15) is 5.10 Å². The number of pyridine rings is 1. The number of nitrogens with one attached hydrogen (secondary N) is 1. The fourth-order valence-corrected chi connectivity index (χ4v) is 7.16. The molecule has 7 rings (SSSR count). The lowest BCUT2D eigenvalue weighted by Gasteiger charge is -2.56. The molecule has 3 aromatic rings. The zero-order valence-corrected chi connectivity index (χ0v) is 18.8. The van der Waals surface area contributed by atoms with E-state index >= 15 is 0 Å². The number of hydrogen-bond acceptors (Lipinski definition) is 4. The number of aromatic carboxylic acids is 1. The summed E-state index contributed by atoms with van der Waals surface area (Å²) in [7, 11) is 0. The summed E-state index contributed by atoms with van der Waals surface area (Å²) in [6.45, 7) is 2.78. The van der Waals surface area contributed by atoms with Gasteiger partial charge in [0.05, 0.1) is 17.9 Å². The van der Waals surface area contributed by atoms with Crippen LogP contribution in [-0.2, 0) is 6.54 Å². The molecule has 4 bridgehead atoms. The molecule has 4 fully saturated rings. The topological polar surface area (TPSA) is 102 Å². The van der Waals surface area contributed by atoms with Crippen LogP contribution in [0.15, 0.2) is 30.6 Å². The first kappa shape index (κ1) is 20.4. The number of rotatable bonds is 6. The quantitative estimate of drug-likeness (QED) is 0.602. The van der Waals surface area contributed by atoms with E-state index in [4.69, 9.17) is 0 Å². The number of aromatic nitrogens is 4. The molecule has 0 atom stereocenters. The van der Waals surface area contributed by atoms with Crippen LogP contribution in [0.4, 0.5) is 0 Å². The minimum Gasteiger partial charge on any atom is -0.478 e. The molecule has 3 heterocycles. The lowest BCUT2D eigenvalue weighted by atomic mass is 9.49. The zero-order chi connectivity index (χ0) is 22.7. The van der Waals surface area contributed by atoms with E-state index in [0.717, 1.165) is 30.0 Å². The van der Waals surface area contributed by atoms with Crippen molar-refractivity contribution in [3.05, 3.63) is 53.2 Å². The number of fused-ring (bicyclic) bond motifs is 1. The van der Waals surface area contributed by atoms with Crippen molar-refractivity contribution < 1.29 is 14.7 Å². The number of carbonyl (C=O) groups excluding carboxylic acids is 1. The smallest absolute Gasteiger partial charge is 0.339 e. The van der Waals surface area contributed by atoms with E-state index in [1.807, 2.05) is 28.8 Å². The van der Waals surface area contributed by atoms with E-state index in [2.05, 4.69) is 15.4 Å². The molecular formula is C25H29N5O3. The molecule has 2 N–H and O–H groups in total. The fraction of sp³-hybridized carbons (Fsp3) is 0.520. The Bertz CT molecular complexity index is 1220. The van der Waals surface area contributed by atoms with Crippen LogP contribution < -0.4 is 5.32 Å². The van der Waals surface area contributed by atoms with E-state index in [1.165, 1.54) is 44.7 Å². The van der Waals surface area contributed by atoms with Crippen molar-refractivity contribution >= 4 is 17.5 Å². The Hall–Kier alpha value is -3.16. The summed E-state index contributed by atoms with van der Waals surface area (Å²) in [6.07, 6.45) is 11.3. The second kappa shape index (κ2) is 7.43. The largest absolute Gasteiger partial charge is 0.478 e. The van der Waals surface area contributed by atoms with Crippen molar-refractivity contribution in [3.8, 4) is 0 Å². The van der Waals surface area contributed by atoms with Crippen LogP contribution in [0, 0.1) is 30.1 Å². The number of carboxylic acid groups (broad SMARTS) is 1. The van der Waals surface area contributed by atoms with Gasteiger partial charge < -0.3 is 10.4 Å². The summed E-state index contributed by atoms with van der Waals surface area (Å²) in [5, 5.41) is 16.8. The molecule has 0 aliphatic heterocycles. The lowest BCUT2D eigenvalue weighted by molar-refractivity contribution is -0.0503. The highest BCUT2D eigenvalue weighted by molar-refractivity contribution is 5.93. The number of imidazole rings is 1. The molecule has 8 heteroatoms. The minimum absolute atomic E-state index is 0.0663. The Morgan fingerprint density at radius 3 is 2.45 bits per heavy atom. The van der Waals surface area contributed by atoms with Crippen LogP contribution in [0.1, 0.15) is 70.8 Å². The normalized spacial score (nSPS) is 27.8. The zero-order valence-electron chi connectivity index (χ0n) is 18.8. The molecule has 0 saturated heterocycles. The van der Waals surface area contributed by atoms with Gasteiger partial charge in [-0.15, -0.1) is 0 Å². The van der Waals surface area contributed by atoms with E-state index in [0.29, 0.717) is 23.6 Å². The van der Waals surface area contributed by atoms with Crippen LogP contribution >= 0.6 is 0 Å². The number of aryl methyl sites for hydroxylation is 1. The number of carboxylic acids is 1. The van der Waals surface area contributed by atoms with Gasteiger partial charge in [0, 0.05) is 18.9 Å². The number of amides is 1. The Balaban J connectivity index is 1.20. The molecule has 0 spiro atoms. The highest BCUT2D eigenvalue weighted by Crippen LogP contribution is 2.59. The molecule has 4 aliphatic rings. The SMILES string of the molecule is Cc1nn(Cc2cn3c(C(=O)NCC45CC6CC(CC(C6)C4)C5)cccc3n2)cc1C(=O)O. The minimum atomic E-state index is -0.994. The van der Waals surface area contributed by atoms with Gasteiger partial charge in [-0.1, -0.05) is 6.07 Å². The van der Waals surface area contributed by atoms with Gasteiger partial charge in [-0.05, 0) is 80.8 Å². The molecule has 0 unspecified atom stereocenters. The van der Waals surface area contributed by atoms with Crippen LogP contribution in [0.5, 0.6) is 0 Å².